The topological polar surface area (TPSA) is 32.3 Å². The van der Waals surface area contributed by atoms with Gasteiger partial charge in [-0.3, -0.25) is 0 Å². The summed E-state index contributed by atoms with van der Waals surface area (Å²) in [6.07, 6.45) is 3.82. The van der Waals surface area contributed by atoms with E-state index in [2.05, 4.69) is 11.4 Å². The van der Waals surface area contributed by atoms with Crippen LogP contribution in [0.3, 0.4) is 0 Å². The molecule has 0 amide bonds. The molecule has 0 saturated heterocycles. The second kappa shape index (κ2) is 2.19. The maximum atomic E-state index is 9.65. The maximum Gasteiger partial charge on any atom is 0.138 e. The molecular formula is C11H13NO. The molecule has 2 heteroatoms. The van der Waals surface area contributed by atoms with Gasteiger partial charge < -0.3 is 10.4 Å². The highest BCUT2D eigenvalue weighted by Crippen LogP contribution is 2.56. The van der Waals surface area contributed by atoms with Crippen LogP contribution in [0, 0.1) is 0 Å². The lowest BCUT2D eigenvalue weighted by Crippen LogP contribution is -2.21. The summed E-state index contributed by atoms with van der Waals surface area (Å²) in [6.45, 7) is 1.00. The van der Waals surface area contributed by atoms with Crippen molar-refractivity contribution >= 4 is 5.69 Å². The molecule has 2 aliphatic rings. The summed E-state index contributed by atoms with van der Waals surface area (Å²) in [5, 5.41) is 12.9. The molecule has 2 nitrogen and oxygen atoms in total. The van der Waals surface area contributed by atoms with Gasteiger partial charge in [0.2, 0.25) is 0 Å². The Morgan fingerprint density at radius 1 is 1.23 bits per heavy atom. The zero-order chi connectivity index (χ0) is 8.89. The van der Waals surface area contributed by atoms with E-state index >= 15 is 0 Å². The van der Waals surface area contributed by atoms with Gasteiger partial charge in [0, 0.05) is 6.54 Å². The van der Waals surface area contributed by atoms with Crippen molar-refractivity contribution in [3.63, 3.8) is 0 Å². The standard InChI is InChI=1S/C11H13NO/c13-9-3-1-2-8-10(9)12-7-6-11(8)4-5-11/h1-3,12-13H,4-7H2. The molecule has 1 saturated carbocycles. The number of benzene rings is 1. The van der Waals surface area contributed by atoms with Gasteiger partial charge in [-0.25, -0.2) is 0 Å². The van der Waals surface area contributed by atoms with Gasteiger partial charge in [-0.1, -0.05) is 12.1 Å². The molecule has 1 aliphatic carbocycles. The molecule has 68 valence electrons. The van der Waals surface area contributed by atoms with Crippen molar-refractivity contribution in [2.75, 3.05) is 11.9 Å². The summed E-state index contributed by atoms with van der Waals surface area (Å²) in [4.78, 5) is 0. The molecule has 13 heavy (non-hydrogen) atoms. The molecule has 0 radical (unpaired) electrons. The van der Waals surface area contributed by atoms with E-state index in [0.29, 0.717) is 11.2 Å². The first kappa shape index (κ1) is 7.25. The Labute approximate surface area is 77.6 Å². The van der Waals surface area contributed by atoms with E-state index in [1.807, 2.05) is 6.07 Å². The zero-order valence-corrected chi connectivity index (χ0v) is 7.51. The van der Waals surface area contributed by atoms with Crippen molar-refractivity contribution in [2.24, 2.45) is 0 Å². The number of phenols is 1. The predicted molar refractivity (Wildman–Crippen MR) is 52.1 cm³/mol. The molecule has 1 fully saturated rings. The summed E-state index contributed by atoms with van der Waals surface area (Å²) >= 11 is 0. The summed E-state index contributed by atoms with van der Waals surface area (Å²) in [5.41, 5.74) is 2.74. The normalized spacial score (nSPS) is 22.2. The summed E-state index contributed by atoms with van der Waals surface area (Å²) in [5.74, 6) is 0.406. The second-order valence-corrected chi connectivity index (χ2v) is 4.16. The first-order chi connectivity index (χ1) is 6.32. The number of hydrogen-bond donors (Lipinski definition) is 2. The Balaban J connectivity index is 2.19. The zero-order valence-electron chi connectivity index (χ0n) is 7.51. The summed E-state index contributed by atoms with van der Waals surface area (Å²) in [7, 11) is 0. The molecule has 1 aromatic rings. The van der Waals surface area contributed by atoms with E-state index in [-0.39, 0.29) is 0 Å². The van der Waals surface area contributed by atoms with E-state index in [1.165, 1.54) is 24.8 Å². The predicted octanol–water partition coefficient (Wildman–Crippen LogP) is 2.24. The number of para-hydroxylation sites is 1. The first-order valence-electron chi connectivity index (χ1n) is 4.88. The number of hydrogen-bond acceptors (Lipinski definition) is 2. The lowest BCUT2D eigenvalue weighted by Gasteiger charge is -2.26. The molecular weight excluding hydrogens is 162 g/mol. The average molecular weight is 175 g/mol. The van der Waals surface area contributed by atoms with E-state index < -0.39 is 0 Å². The maximum absolute atomic E-state index is 9.65. The van der Waals surface area contributed by atoms with Crippen LogP contribution in [0.4, 0.5) is 5.69 Å². The largest absolute Gasteiger partial charge is 0.506 e. The van der Waals surface area contributed by atoms with Gasteiger partial charge in [0.15, 0.2) is 0 Å². The van der Waals surface area contributed by atoms with Crippen molar-refractivity contribution in [1.29, 1.82) is 0 Å². The fourth-order valence-electron chi connectivity index (χ4n) is 2.40. The highest BCUT2D eigenvalue weighted by atomic mass is 16.3. The number of nitrogens with one attached hydrogen (secondary N) is 1. The molecule has 1 spiro atoms. The van der Waals surface area contributed by atoms with Crippen LogP contribution in [0.5, 0.6) is 5.75 Å². The molecule has 1 aliphatic heterocycles. The molecule has 3 rings (SSSR count). The van der Waals surface area contributed by atoms with Crippen LogP contribution in [0.1, 0.15) is 24.8 Å². The Bertz CT molecular complexity index is 355. The van der Waals surface area contributed by atoms with E-state index in [4.69, 9.17) is 0 Å². The van der Waals surface area contributed by atoms with Crippen molar-refractivity contribution < 1.29 is 5.11 Å². The Morgan fingerprint density at radius 3 is 2.85 bits per heavy atom. The fourth-order valence-corrected chi connectivity index (χ4v) is 2.40. The number of anilines is 1. The van der Waals surface area contributed by atoms with E-state index in [9.17, 15) is 5.11 Å². The first-order valence-corrected chi connectivity index (χ1v) is 4.88. The van der Waals surface area contributed by atoms with Crippen LogP contribution >= 0.6 is 0 Å². The Morgan fingerprint density at radius 2 is 2.08 bits per heavy atom. The van der Waals surface area contributed by atoms with Gasteiger partial charge >= 0.3 is 0 Å². The Hall–Kier alpha value is -1.18. The number of rotatable bonds is 0. The van der Waals surface area contributed by atoms with Crippen LogP contribution in [0.15, 0.2) is 18.2 Å². The summed E-state index contributed by atoms with van der Waals surface area (Å²) < 4.78 is 0. The number of aromatic hydroxyl groups is 1. The van der Waals surface area contributed by atoms with Crippen LogP contribution < -0.4 is 5.32 Å². The van der Waals surface area contributed by atoms with Crippen LogP contribution in [0.25, 0.3) is 0 Å². The minimum atomic E-state index is 0.406. The molecule has 1 aromatic carbocycles. The van der Waals surface area contributed by atoms with Crippen LogP contribution in [0.2, 0.25) is 0 Å². The number of phenolic OH excluding ortho intramolecular Hbond substituents is 1. The molecule has 2 N–H and O–H groups in total. The molecule has 0 unspecified atom stereocenters. The van der Waals surface area contributed by atoms with Gasteiger partial charge in [0.1, 0.15) is 5.75 Å². The van der Waals surface area contributed by atoms with Gasteiger partial charge in [-0.05, 0) is 36.3 Å². The third kappa shape index (κ3) is 0.886. The number of fused-ring (bicyclic) bond motifs is 2. The smallest absolute Gasteiger partial charge is 0.138 e. The third-order valence-electron chi connectivity index (χ3n) is 3.37. The quantitative estimate of drug-likeness (QED) is 0.593. The van der Waals surface area contributed by atoms with Gasteiger partial charge in [0.05, 0.1) is 5.69 Å². The molecule has 0 bridgehead atoms. The molecule has 0 aromatic heterocycles. The minimum absolute atomic E-state index is 0.406. The lowest BCUT2D eigenvalue weighted by atomic mass is 9.88. The van der Waals surface area contributed by atoms with Crippen LogP contribution in [-0.4, -0.2) is 11.7 Å². The van der Waals surface area contributed by atoms with Crippen molar-refractivity contribution in [3.8, 4) is 5.75 Å². The van der Waals surface area contributed by atoms with Crippen LogP contribution in [-0.2, 0) is 5.41 Å². The van der Waals surface area contributed by atoms with Crippen molar-refractivity contribution in [3.05, 3.63) is 23.8 Å². The van der Waals surface area contributed by atoms with E-state index in [1.54, 1.807) is 6.07 Å². The lowest BCUT2D eigenvalue weighted by molar-refractivity contribution is 0.472. The molecule has 1 heterocycles. The summed E-state index contributed by atoms with van der Waals surface area (Å²) in [6, 6.07) is 5.85. The fraction of sp³-hybridized carbons (Fsp3) is 0.455. The average Bonchev–Trinajstić information content (AvgIpc) is 2.89. The minimum Gasteiger partial charge on any atom is -0.506 e. The Kier molecular flexibility index (Phi) is 1.22. The van der Waals surface area contributed by atoms with E-state index in [0.717, 1.165) is 12.2 Å². The SMILES string of the molecule is Oc1cccc2c1NCCC21CC1. The van der Waals surface area contributed by atoms with Crippen molar-refractivity contribution in [1.82, 2.24) is 0 Å². The van der Waals surface area contributed by atoms with Crippen molar-refractivity contribution in [2.45, 2.75) is 24.7 Å². The second-order valence-electron chi connectivity index (χ2n) is 4.16. The van der Waals surface area contributed by atoms with Gasteiger partial charge in [-0.15, -0.1) is 0 Å². The van der Waals surface area contributed by atoms with Gasteiger partial charge in [0.25, 0.3) is 0 Å². The highest BCUT2D eigenvalue weighted by Gasteiger charge is 2.47. The highest BCUT2D eigenvalue weighted by molar-refractivity contribution is 5.66. The monoisotopic (exact) mass is 175 g/mol. The molecule has 0 atom stereocenters. The third-order valence-corrected chi connectivity index (χ3v) is 3.37. The van der Waals surface area contributed by atoms with Gasteiger partial charge in [-0.2, -0.15) is 0 Å².